The van der Waals surface area contributed by atoms with Gasteiger partial charge in [-0.2, -0.15) is 0 Å². The van der Waals surface area contributed by atoms with E-state index in [1.807, 2.05) is 29.6 Å². The zero-order valence-corrected chi connectivity index (χ0v) is 17.9. The van der Waals surface area contributed by atoms with Crippen LogP contribution in [0.1, 0.15) is 20.8 Å². The first kappa shape index (κ1) is 20.6. The number of benzene rings is 2. The van der Waals surface area contributed by atoms with E-state index in [4.69, 9.17) is 0 Å². The van der Waals surface area contributed by atoms with Crippen molar-refractivity contribution in [2.24, 2.45) is 0 Å². The van der Waals surface area contributed by atoms with Gasteiger partial charge in [0.1, 0.15) is 0 Å². The maximum absolute atomic E-state index is 12.8. The normalized spacial score (nSPS) is 11.4. The van der Waals surface area contributed by atoms with Gasteiger partial charge in [0.25, 0.3) is 5.91 Å². The molecule has 0 bridgehead atoms. The van der Waals surface area contributed by atoms with Crippen molar-refractivity contribution in [2.75, 3.05) is 12.4 Å². The third-order valence-electron chi connectivity index (χ3n) is 4.09. The molecule has 2 N–H and O–H groups in total. The number of carbonyl (C=O) groups is 1. The maximum Gasteiger partial charge on any atom is 0.256 e. The summed E-state index contributed by atoms with van der Waals surface area (Å²) in [5.74, 6) is 0.516. The first-order valence-electron chi connectivity index (χ1n) is 8.50. The summed E-state index contributed by atoms with van der Waals surface area (Å²) in [5, 5.41) is 4.84. The van der Waals surface area contributed by atoms with Crippen molar-refractivity contribution >= 4 is 44.7 Å². The van der Waals surface area contributed by atoms with E-state index in [1.165, 1.54) is 18.0 Å². The average molecular weight is 433 g/mol. The molecular weight excluding hydrogens is 412 g/mol. The molecule has 3 rings (SSSR count). The Hall–Kier alpha value is -2.13. The summed E-state index contributed by atoms with van der Waals surface area (Å²) in [6, 6.07) is 16.3. The van der Waals surface area contributed by atoms with Crippen LogP contribution in [0.15, 0.2) is 69.8 Å². The Kier molecular flexibility index (Phi) is 6.56. The van der Waals surface area contributed by atoms with Crippen LogP contribution in [0.25, 0.3) is 0 Å². The fourth-order valence-corrected chi connectivity index (χ4v) is 5.42. The molecular formula is C20H20N2O3S3. The van der Waals surface area contributed by atoms with Crippen molar-refractivity contribution in [1.29, 1.82) is 0 Å². The van der Waals surface area contributed by atoms with Gasteiger partial charge in [-0.15, -0.1) is 23.1 Å². The highest BCUT2D eigenvalue weighted by Gasteiger charge is 2.17. The molecule has 1 amide bonds. The second-order valence-electron chi connectivity index (χ2n) is 6.01. The lowest BCUT2D eigenvalue weighted by molar-refractivity contribution is 0.102. The van der Waals surface area contributed by atoms with E-state index < -0.39 is 10.0 Å². The molecule has 0 aliphatic heterocycles. The molecule has 0 spiro atoms. The van der Waals surface area contributed by atoms with Gasteiger partial charge in [-0.05, 0) is 55.2 Å². The largest absolute Gasteiger partial charge is 0.322 e. The predicted octanol–water partition coefficient (Wildman–Crippen LogP) is 4.51. The Balaban J connectivity index is 1.81. The number of thiophene rings is 1. The maximum atomic E-state index is 12.8. The van der Waals surface area contributed by atoms with E-state index in [1.54, 1.807) is 48.2 Å². The number of rotatable bonds is 7. The molecule has 0 aliphatic rings. The zero-order chi connectivity index (χ0) is 20.1. The number of hydrogen-bond acceptors (Lipinski definition) is 5. The van der Waals surface area contributed by atoms with Crippen LogP contribution in [0.4, 0.5) is 5.69 Å². The third kappa shape index (κ3) is 4.82. The van der Waals surface area contributed by atoms with E-state index >= 15 is 0 Å². The monoisotopic (exact) mass is 432 g/mol. The van der Waals surface area contributed by atoms with Crippen LogP contribution >= 0.6 is 23.1 Å². The molecule has 0 atom stereocenters. The van der Waals surface area contributed by atoms with E-state index in [0.717, 1.165) is 10.6 Å². The molecule has 0 saturated carbocycles. The molecule has 1 aromatic heterocycles. The molecule has 0 aliphatic carbocycles. The quantitative estimate of drug-likeness (QED) is 0.539. The van der Waals surface area contributed by atoms with Gasteiger partial charge in [0.15, 0.2) is 0 Å². The van der Waals surface area contributed by atoms with Gasteiger partial charge in [-0.1, -0.05) is 24.3 Å². The van der Waals surface area contributed by atoms with Crippen LogP contribution in [0.5, 0.6) is 0 Å². The number of sulfonamides is 1. The van der Waals surface area contributed by atoms with E-state index in [2.05, 4.69) is 16.1 Å². The average Bonchev–Trinajstić information content (AvgIpc) is 3.21. The summed E-state index contributed by atoms with van der Waals surface area (Å²) >= 11 is 3.28. The molecule has 1 heterocycles. The lowest BCUT2D eigenvalue weighted by Gasteiger charge is -2.12. The fourth-order valence-electron chi connectivity index (χ4n) is 2.60. The summed E-state index contributed by atoms with van der Waals surface area (Å²) in [6.07, 6.45) is 0. The molecule has 0 saturated heterocycles. The number of aryl methyl sites for hydroxylation is 1. The van der Waals surface area contributed by atoms with E-state index in [0.29, 0.717) is 16.8 Å². The number of hydrogen-bond donors (Lipinski definition) is 2. The number of amides is 1. The number of carbonyl (C=O) groups excluding carboxylic acids is 1. The van der Waals surface area contributed by atoms with Crippen molar-refractivity contribution < 1.29 is 13.2 Å². The highest BCUT2D eigenvalue weighted by atomic mass is 32.2. The third-order valence-corrected chi connectivity index (χ3v) is 7.82. The van der Waals surface area contributed by atoms with Crippen LogP contribution in [-0.4, -0.2) is 21.4 Å². The molecule has 0 unspecified atom stereocenters. The summed E-state index contributed by atoms with van der Waals surface area (Å²) in [5.41, 5.74) is 1.60. The van der Waals surface area contributed by atoms with Gasteiger partial charge in [0.05, 0.1) is 10.5 Å². The molecule has 0 fully saturated rings. The predicted molar refractivity (Wildman–Crippen MR) is 116 cm³/mol. The summed E-state index contributed by atoms with van der Waals surface area (Å²) < 4.78 is 26.6. The highest BCUT2D eigenvalue weighted by Crippen LogP contribution is 2.29. The van der Waals surface area contributed by atoms with Gasteiger partial charge >= 0.3 is 0 Å². The van der Waals surface area contributed by atoms with Gasteiger partial charge in [0.2, 0.25) is 10.0 Å². The molecule has 28 heavy (non-hydrogen) atoms. The highest BCUT2D eigenvalue weighted by molar-refractivity contribution is 7.98. The van der Waals surface area contributed by atoms with Crippen LogP contribution in [-0.2, 0) is 15.8 Å². The smallest absolute Gasteiger partial charge is 0.256 e. The molecule has 5 nitrogen and oxygen atoms in total. The Labute approximate surface area is 173 Å². The number of anilines is 1. The Morgan fingerprint density at radius 2 is 1.89 bits per heavy atom. The summed E-state index contributed by atoms with van der Waals surface area (Å²) in [4.78, 5) is 15.1. The first-order valence-corrected chi connectivity index (χ1v) is 11.9. The van der Waals surface area contributed by atoms with Gasteiger partial charge in [-0.3, -0.25) is 4.79 Å². The molecule has 146 valence electrons. The van der Waals surface area contributed by atoms with E-state index in [9.17, 15) is 13.2 Å². The van der Waals surface area contributed by atoms with Crippen LogP contribution in [0.2, 0.25) is 0 Å². The minimum absolute atomic E-state index is 0.146. The van der Waals surface area contributed by atoms with Crippen molar-refractivity contribution in [1.82, 2.24) is 4.72 Å². The molecule has 8 heteroatoms. The van der Waals surface area contributed by atoms with Crippen molar-refractivity contribution in [2.45, 2.75) is 22.5 Å². The Morgan fingerprint density at radius 1 is 1.11 bits per heavy atom. The Morgan fingerprint density at radius 3 is 2.61 bits per heavy atom. The fraction of sp³-hybridized carbons (Fsp3) is 0.150. The molecule has 3 aromatic rings. The van der Waals surface area contributed by atoms with Crippen molar-refractivity contribution in [3.8, 4) is 0 Å². The number of nitrogens with one attached hydrogen (secondary N) is 2. The van der Waals surface area contributed by atoms with Crippen LogP contribution in [0.3, 0.4) is 0 Å². The minimum atomic E-state index is -3.60. The van der Waals surface area contributed by atoms with Gasteiger partial charge < -0.3 is 5.32 Å². The first-order chi connectivity index (χ1) is 13.4. The summed E-state index contributed by atoms with van der Waals surface area (Å²) in [6.45, 7) is 1.71. The lowest BCUT2D eigenvalue weighted by atomic mass is 10.2. The van der Waals surface area contributed by atoms with E-state index in [-0.39, 0.29) is 10.8 Å². The Bertz CT molecular complexity index is 1080. The lowest BCUT2D eigenvalue weighted by Crippen LogP contribution is -2.20. The second kappa shape index (κ2) is 8.91. The summed E-state index contributed by atoms with van der Waals surface area (Å²) in [7, 11) is -2.24. The second-order valence-corrected chi connectivity index (χ2v) is 9.91. The topological polar surface area (TPSA) is 75.3 Å². The van der Waals surface area contributed by atoms with Crippen LogP contribution < -0.4 is 10.0 Å². The standard InChI is InChI=1S/C20H20N2O3S3/c1-14-9-10-15(12-19(14)28(24,25)21-2)22-20(23)17-7-3-4-8-18(17)27-13-16-6-5-11-26-16/h3-12,21H,13H2,1-2H3,(H,22,23). The van der Waals surface area contributed by atoms with Crippen LogP contribution in [0, 0.1) is 6.92 Å². The SMILES string of the molecule is CNS(=O)(=O)c1cc(NC(=O)c2ccccc2SCc2cccs2)ccc1C. The minimum Gasteiger partial charge on any atom is -0.322 e. The van der Waals surface area contributed by atoms with Crippen molar-refractivity contribution in [3.05, 3.63) is 76.0 Å². The number of thioether (sulfide) groups is 1. The molecule has 2 aromatic carbocycles. The molecule has 0 radical (unpaired) electrons. The zero-order valence-electron chi connectivity index (χ0n) is 15.4. The van der Waals surface area contributed by atoms with Gasteiger partial charge in [-0.25, -0.2) is 13.1 Å². The van der Waals surface area contributed by atoms with Crippen molar-refractivity contribution in [3.63, 3.8) is 0 Å². The van der Waals surface area contributed by atoms with Gasteiger partial charge in [0, 0.05) is 21.2 Å².